The average molecular weight is 286 g/mol. The molecule has 102 valence electrons. The van der Waals surface area contributed by atoms with Crippen molar-refractivity contribution < 1.29 is 13.2 Å². The van der Waals surface area contributed by atoms with E-state index in [2.05, 4.69) is 5.43 Å². The Morgan fingerprint density at radius 1 is 1.16 bits per heavy atom. The summed E-state index contributed by atoms with van der Waals surface area (Å²) in [4.78, 5) is 1.79. The SMILES string of the molecule is Cc1ccc(C(NN)c2ccccc2C(F)(F)F)s1. The van der Waals surface area contributed by atoms with Gasteiger partial charge in [0.25, 0.3) is 0 Å². The van der Waals surface area contributed by atoms with Gasteiger partial charge in [0.15, 0.2) is 0 Å². The molecule has 0 aliphatic rings. The summed E-state index contributed by atoms with van der Waals surface area (Å²) < 4.78 is 39.0. The van der Waals surface area contributed by atoms with Crippen LogP contribution in [0.5, 0.6) is 0 Å². The molecular formula is C13H13F3N2S. The van der Waals surface area contributed by atoms with E-state index in [0.29, 0.717) is 0 Å². The number of hydrogen-bond acceptors (Lipinski definition) is 3. The number of nitrogens with two attached hydrogens (primary N) is 1. The van der Waals surface area contributed by atoms with Crippen molar-refractivity contribution >= 4 is 11.3 Å². The van der Waals surface area contributed by atoms with Gasteiger partial charge >= 0.3 is 6.18 Å². The van der Waals surface area contributed by atoms with E-state index in [0.717, 1.165) is 15.8 Å². The van der Waals surface area contributed by atoms with Crippen molar-refractivity contribution in [3.63, 3.8) is 0 Å². The lowest BCUT2D eigenvalue weighted by Gasteiger charge is -2.20. The third-order valence-corrected chi connectivity index (χ3v) is 3.86. The Bertz CT molecular complexity index is 563. The van der Waals surface area contributed by atoms with Crippen molar-refractivity contribution in [3.8, 4) is 0 Å². The number of aryl methyl sites for hydroxylation is 1. The molecule has 0 aliphatic carbocycles. The van der Waals surface area contributed by atoms with Gasteiger partial charge in [0.1, 0.15) is 0 Å². The first-order valence-electron chi connectivity index (χ1n) is 5.62. The van der Waals surface area contributed by atoms with Crippen LogP contribution in [0.3, 0.4) is 0 Å². The Kier molecular flexibility index (Phi) is 3.93. The van der Waals surface area contributed by atoms with E-state index < -0.39 is 17.8 Å². The van der Waals surface area contributed by atoms with Gasteiger partial charge in [-0.1, -0.05) is 18.2 Å². The van der Waals surface area contributed by atoms with Crippen LogP contribution in [0.4, 0.5) is 13.2 Å². The number of alkyl halides is 3. The highest BCUT2D eigenvalue weighted by Gasteiger charge is 2.35. The molecule has 2 rings (SSSR count). The summed E-state index contributed by atoms with van der Waals surface area (Å²) in [5.74, 6) is 5.45. The molecule has 2 aromatic rings. The number of hydrazine groups is 1. The molecule has 1 aromatic heterocycles. The van der Waals surface area contributed by atoms with Crippen LogP contribution in [-0.4, -0.2) is 0 Å². The third kappa shape index (κ3) is 2.97. The summed E-state index contributed by atoms with van der Waals surface area (Å²) in [6.45, 7) is 1.90. The molecule has 1 heterocycles. The normalized spacial score (nSPS) is 13.5. The van der Waals surface area contributed by atoms with Crippen LogP contribution in [-0.2, 0) is 6.18 Å². The first kappa shape index (κ1) is 14.0. The van der Waals surface area contributed by atoms with E-state index in [1.807, 2.05) is 13.0 Å². The highest BCUT2D eigenvalue weighted by Crippen LogP contribution is 2.37. The summed E-state index contributed by atoms with van der Waals surface area (Å²) in [7, 11) is 0. The van der Waals surface area contributed by atoms with Crippen LogP contribution >= 0.6 is 11.3 Å². The second kappa shape index (κ2) is 5.32. The maximum atomic E-state index is 13.0. The van der Waals surface area contributed by atoms with Crippen molar-refractivity contribution in [2.75, 3.05) is 0 Å². The first-order valence-corrected chi connectivity index (χ1v) is 6.43. The molecule has 0 spiro atoms. The molecule has 0 saturated carbocycles. The molecule has 1 aromatic carbocycles. The zero-order valence-corrected chi connectivity index (χ0v) is 11.0. The fourth-order valence-corrected chi connectivity index (χ4v) is 2.90. The zero-order chi connectivity index (χ0) is 14.0. The summed E-state index contributed by atoms with van der Waals surface area (Å²) in [5.41, 5.74) is 1.95. The minimum atomic E-state index is -4.39. The van der Waals surface area contributed by atoms with Gasteiger partial charge in [-0.3, -0.25) is 5.84 Å². The molecule has 3 N–H and O–H groups in total. The molecule has 1 atom stereocenters. The second-order valence-electron chi connectivity index (χ2n) is 4.13. The van der Waals surface area contributed by atoms with Crippen LogP contribution in [0.25, 0.3) is 0 Å². The monoisotopic (exact) mass is 286 g/mol. The summed E-state index contributed by atoms with van der Waals surface area (Å²) in [6.07, 6.45) is -4.39. The van der Waals surface area contributed by atoms with Crippen molar-refractivity contribution in [1.29, 1.82) is 0 Å². The number of hydrogen-bond donors (Lipinski definition) is 2. The number of thiophene rings is 1. The quantitative estimate of drug-likeness (QED) is 0.668. The van der Waals surface area contributed by atoms with Crippen LogP contribution in [0.15, 0.2) is 36.4 Å². The van der Waals surface area contributed by atoms with Gasteiger partial charge in [-0.25, -0.2) is 5.43 Å². The van der Waals surface area contributed by atoms with Crippen LogP contribution in [0.1, 0.15) is 26.9 Å². The largest absolute Gasteiger partial charge is 0.416 e. The molecule has 0 radical (unpaired) electrons. The molecule has 0 bridgehead atoms. The van der Waals surface area contributed by atoms with E-state index in [1.165, 1.54) is 23.5 Å². The van der Waals surface area contributed by atoms with Crippen molar-refractivity contribution in [1.82, 2.24) is 5.43 Å². The lowest BCUT2D eigenvalue weighted by Crippen LogP contribution is -2.30. The van der Waals surface area contributed by atoms with Gasteiger partial charge in [-0.15, -0.1) is 11.3 Å². The molecule has 2 nitrogen and oxygen atoms in total. The maximum Gasteiger partial charge on any atom is 0.416 e. The Hall–Kier alpha value is -1.37. The predicted molar refractivity (Wildman–Crippen MR) is 69.7 cm³/mol. The first-order chi connectivity index (χ1) is 8.93. The predicted octanol–water partition coefficient (Wildman–Crippen LogP) is 3.63. The van der Waals surface area contributed by atoms with Crippen molar-refractivity contribution in [2.24, 2.45) is 5.84 Å². The number of nitrogens with one attached hydrogen (secondary N) is 1. The third-order valence-electron chi connectivity index (χ3n) is 2.79. The summed E-state index contributed by atoms with van der Waals surface area (Å²) >= 11 is 1.42. The van der Waals surface area contributed by atoms with E-state index >= 15 is 0 Å². The Balaban J connectivity index is 2.50. The zero-order valence-electron chi connectivity index (χ0n) is 10.2. The number of rotatable bonds is 3. The van der Waals surface area contributed by atoms with Gasteiger partial charge in [0.2, 0.25) is 0 Å². The molecule has 0 saturated heterocycles. The number of halogens is 3. The Morgan fingerprint density at radius 2 is 1.84 bits per heavy atom. The lowest BCUT2D eigenvalue weighted by molar-refractivity contribution is -0.138. The van der Waals surface area contributed by atoms with Crippen LogP contribution in [0.2, 0.25) is 0 Å². The average Bonchev–Trinajstić information content (AvgIpc) is 2.76. The summed E-state index contributed by atoms with van der Waals surface area (Å²) in [6, 6.07) is 8.46. The topological polar surface area (TPSA) is 38.0 Å². The van der Waals surface area contributed by atoms with E-state index in [1.54, 1.807) is 12.1 Å². The lowest BCUT2D eigenvalue weighted by atomic mass is 9.99. The molecule has 19 heavy (non-hydrogen) atoms. The Morgan fingerprint density at radius 3 is 2.37 bits per heavy atom. The minimum Gasteiger partial charge on any atom is -0.271 e. The minimum absolute atomic E-state index is 0.138. The van der Waals surface area contributed by atoms with Crippen molar-refractivity contribution in [2.45, 2.75) is 19.1 Å². The van der Waals surface area contributed by atoms with Gasteiger partial charge in [0, 0.05) is 9.75 Å². The fourth-order valence-electron chi connectivity index (χ4n) is 1.94. The van der Waals surface area contributed by atoms with Gasteiger partial charge < -0.3 is 0 Å². The maximum absolute atomic E-state index is 13.0. The van der Waals surface area contributed by atoms with E-state index in [9.17, 15) is 13.2 Å². The fraction of sp³-hybridized carbons (Fsp3) is 0.231. The molecule has 1 unspecified atom stereocenters. The smallest absolute Gasteiger partial charge is 0.271 e. The molecule has 6 heteroatoms. The number of benzene rings is 1. The molecule has 0 aliphatic heterocycles. The highest BCUT2D eigenvalue weighted by atomic mass is 32.1. The highest BCUT2D eigenvalue weighted by molar-refractivity contribution is 7.12. The Labute approximate surface area is 113 Å². The van der Waals surface area contributed by atoms with Gasteiger partial charge in [-0.05, 0) is 30.7 Å². The molecular weight excluding hydrogens is 273 g/mol. The summed E-state index contributed by atoms with van der Waals surface area (Å²) in [5, 5.41) is 0. The standard InChI is InChI=1S/C13H13F3N2S/c1-8-6-7-11(19-8)12(18-17)9-4-2-3-5-10(9)13(14,15)16/h2-7,12,18H,17H2,1H3. The van der Waals surface area contributed by atoms with Gasteiger partial charge in [0.05, 0.1) is 11.6 Å². The second-order valence-corrected chi connectivity index (χ2v) is 5.45. The molecule has 0 fully saturated rings. The van der Waals surface area contributed by atoms with Crippen LogP contribution < -0.4 is 11.3 Å². The van der Waals surface area contributed by atoms with E-state index in [-0.39, 0.29) is 5.56 Å². The molecule has 0 amide bonds. The van der Waals surface area contributed by atoms with Gasteiger partial charge in [-0.2, -0.15) is 13.2 Å². The van der Waals surface area contributed by atoms with Crippen LogP contribution in [0, 0.1) is 6.92 Å². The van der Waals surface area contributed by atoms with E-state index in [4.69, 9.17) is 5.84 Å². The van der Waals surface area contributed by atoms with Crippen molar-refractivity contribution in [3.05, 3.63) is 57.3 Å².